The van der Waals surface area contributed by atoms with Gasteiger partial charge in [0.1, 0.15) is 11.4 Å². The highest BCUT2D eigenvalue weighted by atomic mass is 35.5. The SMILES string of the molecule is Cc1ccc(Cl)cc1.O=C(NCC=C1CCN(c2ccccc2CN2CCCCC2=O)CC1)c1cc(=O)c2ccc(F)cc2o1. The van der Waals surface area contributed by atoms with Gasteiger partial charge in [-0.1, -0.05) is 59.1 Å². The lowest BCUT2D eigenvalue weighted by atomic mass is 10.0. The van der Waals surface area contributed by atoms with Crippen molar-refractivity contribution in [2.45, 2.75) is 45.6 Å². The molecular formula is C36H37ClFN3O4. The first-order valence-electron chi connectivity index (χ1n) is 15.3. The van der Waals surface area contributed by atoms with Crippen LogP contribution in [0.2, 0.25) is 5.02 Å². The van der Waals surface area contributed by atoms with Crippen LogP contribution in [0.25, 0.3) is 11.0 Å². The summed E-state index contributed by atoms with van der Waals surface area (Å²) in [5, 5.41) is 3.80. The molecule has 234 valence electrons. The van der Waals surface area contributed by atoms with Gasteiger partial charge >= 0.3 is 0 Å². The zero-order valence-corrected chi connectivity index (χ0v) is 26.1. The highest BCUT2D eigenvalue weighted by molar-refractivity contribution is 6.30. The first-order valence-corrected chi connectivity index (χ1v) is 15.7. The van der Waals surface area contributed by atoms with Gasteiger partial charge in [-0.05, 0) is 68.5 Å². The van der Waals surface area contributed by atoms with E-state index in [9.17, 15) is 18.8 Å². The molecule has 0 atom stereocenters. The van der Waals surface area contributed by atoms with Crippen molar-refractivity contribution in [1.29, 1.82) is 0 Å². The van der Waals surface area contributed by atoms with Crippen LogP contribution < -0.4 is 15.6 Å². The Morgan fingerprint density at radius 1 is 0.956 bits per heavy atom. The van der Waals surface area contributed by atoms with Gasteiger partial charge in [-0.3, -0.25) is 14.4 Å². The Balaban J connectivity index is 0.000000436. The van der Waals surface area contributed by atoms with E-state index >= 15 is 0 Å². The van der Waals surface area contributed by atoms with Crippen molar-refractivity contribution >= 4 is 40.1 Å². The molecule has 1 aromatic heterocycles. The van der Waals surface area contributed by atoms with Crippen LogP contribution >= 0.6 is 11.6 Å². The van der Waals surface area contributed by atoms with Gasteiger partial charge in [0.05, 0.1) is 5.39 Å². The normalized spacial score (nSPS) is 15.0. The zero-order valence-electron chi connectivity index (χ0n) is 25.4. The van der Waals surface area contributed by atoms with E-state index in [1.165, 1.54) is 34.5 Å². The summed E-state index contributed by atoms with van der Waals surface area (Å²) >= 11 is 5.61. The van der Waals surface area contributed by atoms with Crippen LogP contribution in [0.1, 0.15) is 53.8 Å². The highest BCUT2D eigenvalue weighted by Gasteiger charge is 2.22. The molecule has 6 rings (SSSR count). The van der Waals surface area contributed by atoms with Crippen LogP contribution in [-0.2, 0) is 11.3 Å². The number of carbonyl (C=O) groups is 2. The van der Waals surface area contributed by atoms with Crippen LogP contribution in [-0.4, -0.2) is 42.9 Å². The molecule has 3 heterocycles. The fraction of sp³-hybridized carbons (Fsp3) is 0.306. The van der Waals surface area contributed by atoms with E-state index < -0.39 is 11.7 Å². The molecule has 9 heteroatoms. The summed E-state index contributed by atoms with van der Waals surface area (Å²) in [6.07, 6.45) is 6.44. The second kappa shape index (κ2) is 15.0. The summed E-state index contributed by atoms with van der Waals surface area (Å²) in [5.74, 6) is -0.951. The minimum atomic E-state index is -0.535. The number of para-hydroxylation sites is 1. The van der Waals surface area contributed by atoms with Gasteiger partial charge < -0.3 is 19.5 Å². The standard InChI is InChI=1S/C29H30FN3O4.C7H7Cl/c30-22-8-9-23-25(34)18-27(37-26(23)17-22)29(36)31-13-10-20-11-15-32(16-12-20)24-6-2-1-5-21(24)19-33-14-4-3-7-28(33)35;1-6-2-4-7(8)5-3-6/h1-2,5-6,8-10,17-18H,3-4,7,11-16,19H2,(H,31,36);2-5H,1H3. The summed E-state index contributed by atoms with van der Waals surface area (Å²) in [6, 6.07) is 20.8. The predicted molar refractivity (Wildman–Crippen MR) is 176 cm³/mol. The third-order valence-corrected chi connectivity index (χ3v) is 8.35. The quantitative estimate of drug-likeness (QED) is 0.231. The smallest absolute Gasteiger partial charge is 0.287 e. The molecular weight excluding hydrogens is 593 g/mol. The van der Waals surface area contributed by atoms with E-state index in [0.717, 1.165) is 62.5 Å². The van der Waals surface area contributed by atoms with Crippen LogP contribution in [0.3, 0.4) is 0 Å². The second-order valence-corrected chi connectivity index (χ2v) is 11.8. The van der Waals surface area contributed by atoms with Gasteiger partial charge in [-0.15, -0.1) is 0 Å². The zero-order chi connectivity index (χ0) is 31.8. The van der Waals surface area contributed by atoms with Crippen LogP contribution in [0.5, 0.6) is 0 Å². The predicted octanol–water partition coefficient (Wildman–Crippen LogP) is 7.05. The molecule has 3 aromatic carbocycles. The Morgan fingerprint density at radius 2 is 1.71 bits per heavy atom. The van der Waals surface area contributed by atoms with Crippen molar-refractivity contribution in [2.75, 3.05) is 31.1 Å². The van der Waals surface area contributed by atoms with Crippen molar-refractivity contribution in [1.82, 2.24) is 10.2 Å². The van der Waals surface area contributed by atoms with E-state index in [-0.39, 0.29) is 28.1 Å². The molecule has 2 aliphatic rings. The number of nitrogens with zero attached hydrogens (tertiary/aromatic N) is 2. The van der Waals surface area contributed by atoms with Gasteiger partial charge in [0.15, 0.2) is 11.2 Å². The number of halogens is 2. The number of nitrogens with one attached hydrogen (secondary N) is 1. The first-order chi connectivity index (χ1) is 21.8. The molecule has 0 radical (unpaired) electrons. The molecule has 0 saturated carbocycles. The Kier molecular flexibility index (Phi) is 10.7. The average molecular weight is 630 g/mol. The third kappa shape index (κ3) is 8.60. The van der Waals surface area contributed by atoms with Crippen molar-refractivity contribution in [3.8, 4) is 0 Å². The number of likely N-dealkylation sites (tertiary alicyclic amines) is 1. The second-order valence-electron chi connectivity index (χ2n) is 11.4. The van der Waals surface area contributed by atoms with Crippen molar-refractivity contribution < 1.29 is 18.4 Å². The lowest BCUT2D eigenvalue weighted by molar-refractivity contribution is -0.133. The van der Waals surface area contributed by atoms with E-state index in [0.29, 0.717) is 19.5 Å². The maximum Gasteiger partial charge on any atom is 0.287 e. The minimum Gasteiger partial charge on any atom is -0.451 e. The number of benzene rings is 3. The number of aryl methyl sites for hydroxylation is 1. The van der Waals surface area contributed by atoms with Crippen LogP contribution in [0, 0.1) is 12.7 Å². The summed E-state index contributed by atoms with van der Waals surface area (Å²) < 4.78 is 19.0. The third-order valence-electron chi connectivity index (χ3n) is 8.10. The van der Waals surface area contributed by atoms with E-state index in [1.54, 1.807) is 0 Å². The number of anilines is 1. The molecule has 0 aliphatic carbocycles. The number of hydrogen-bond acceptors (Lipinski definition) is 5. The fourth-order valence-corrected chi connectivity index (χ4v) is 5.70. The molecule has 0 bridgehead atoms. The number of fused-ring (bicyclic) bond motifs is 1. The Bertz CT molecular complexity index is 1720. The van der Waals surface area contributed by atoms with Crippen LogP contribution in [0.15, 0.2) is 93.7 Å². The average Bonchev–Trinajstić information content (AvgIpc) is 3.04. The highest BCUT2D eigenvalue weighted by Crippen LogP contribution is 2.28. The Morgan fingerprint density at radius 3 is 2.44 bits per heavy atom. The summed E-state index contributed by atoms with van der Waals surface area (Å²) in [7, 11) is 0. The van der Waals surface area contributed by atoms with E-state index in [2.05, 4.69) is 22.3 Å². The van der Waals surface area contributed by atoms with Crippen molar-refractivity contribution in [3.05, 3.63) is 122 Å². The number of rotatable bonds is 6. The molecule has 0 spiro atoms. The molecule has 2 saturated heterocycles. The van der Waals surface area contributed by atoms with E-state index in [1.807, 2.05) is 54.3 Å². The number of piperidine rings is 2. The lowest BCUT2D eigenvalue weighted by Gasteiger charge is -2.34. The Hall–Kier alpha value is -4.43. The largest absolute Gasteiger partial charge is 0.451 e. The summed E-state index contributed by atoms with van der Waals surface area (Å²) in [5.41, 5.74) is 4.51. The van der Waals surface area contributed by atoms with Gasteiger partial charge in [0.25, 0.3) is 5.91 Å². The maximum absolute atomic E-state index is 13.5. The first kappa shape index (κ1) is 32.0. The molecule has 2 amide bonds. The molecule has 4 aromatic rings. The number of hydrogen-bond donors (Lipinski definition) is 1. The van der Waals surface area contributed by atoms with Crippen molar-refractivity contribution in [2.24, 2.45) is 0 Å². The molecule has 0 unspecified atom stereocenters. The fourth-order valence-electron chi connectivity index (χ4n) is 5.58. The molecule has 7 nitrogen and oxygen atoms in total. The Labute approximate surface area is 267 Å². The maximum atomic E-state index is 13.5. The van der Waals surface area contributed by atoms with Gasteiger partial charge in [0.2, 0.25) is 5.91 Å². The van der Waals surface area contributed by atoms with Crippen LogP contribution in [0.4, 0.5) is 10.1 Å². The number of carbonyl (C=O) groups excluding carboxylic acids is 2. The summed E-state index contributed by atoms with van der Waals surface area (Å²) in [6.45, 7) is 5.54. The summed E-state index contributed by atoms with van der Waals surface area (Å²) in [4.78, 5) is 41.4. The topological polar surface area (TPSA) is 82.9 Å². The monoisotopic (exact) mass is 629 g/mol. The molecule has 1 N–H and O–H groups in total. The van der Waals surface area contributed by atoms with Gasteiger partial charge in [0, 0.05) is 62.0 Å². The lowest BCUT2D eigenvalue weighted by Crippen LogP contribution is -2.36. The molecule has 2 aliphatic heterocycles. The van der Waals surface area contributed by atoms with Gasteiger partial charge in [-0.2, -0.15) is 0 Å². The molecule has 45 heavy (non-hydrogen) atoms. The molecule has 2 fully saturated rings. The van der Waals surface area contributed by atoms with Gasteiger partial charge in [-0.25, -0.2) is 4.39 Å². The number of amides is 2. The minimum absolute atomic E-state index is 0.0494. The van der Waals surface area contributed by atoms with Crippen molar-refractivity contribution in [3.63, 3.8) is 0 Å². The van der Waals surface area contributed by atoms with E-state index in [4.69, 9.17) is 16.0 Å².